The fourth-order valence-electron chi connectivity index (χ4n) is 2.50. The lowest BCUT2D eigenvalue weighted by molar-refractivity contribution is 0.266. The molecule has 0 saturated heterocycles. The first-order valence-electron chi connectivity index (χ1n) is 7.20. The number of nitrogens with two attached hydrogens (primary N) is 1. The van der Waals surface area contributed by atoms with Crippen LogP contribution >= 0.6 is 0 Å². The number of hydrogen-bond acceptors (Lipinski definition) is 4. The Balaban J connectivity index is 2.86. The zero-order valence-corrected chi connectivity index (χ0v) is 13.4. The average Bonchev–Trinajstić information content (AvgIpc) is 2.38. The van der Waals surface area contributed by atoms with Crippen molar-refractivity contribution in [3.8, 4) is 0 Å². The van der Waals surface area contributed by atoms with Gasteiger partial charge in [-0.2, -0.15) is 0 Å². The van der Waals surface area contributed by atoms with E-state index >= 15 is 0 Å². The Labute approximate surface area is 121 Å². The van der Waals surface area contributed by atoms with E-state index in [2.05, 4.69) is 16.8 Å². The van der Waals surface area contributed by atoms with Crippen LogP contribution < -0.4 is 10.5 Å². The second-order valence-electron chi connectivity index (χ2n) is 6.35. The number of nitrogens with one attached hydrogen (secondary N) is 1. The van der Waals surface area contributed by atoms with Crippen molar-refractivity contribution in [2.45, 2.75) is 58.4 Å². The highest BCUT2D eigenvalue weighted by molar-refractivity contribution is 7.89. The minimum atomic E-state index is -3.43. The third kappa shape index (κ3) is 4.63. The molecule has 6 nitrogen and oxygen atoms in total. The van der Waals surface area contributed by atoms with Crippen LogP contribution in [0, 0.1) is 11.8 Å². The zero-order chi connectivity index (χ0) is 15.4. The predicted molar refractivity (Wildman–Crippen MR) is 80.1 cm³/mol. The van der Waals surface area contributed by atoms with Gasteiger partial charge in [-0.15, -0.1) is 0 Å². The summed E-state index contributed by atoms with van der Waals surface area (Å²) in [6, 6.07) is 0. The molecule has 0 heterocycles. The molecule has 118 valence electrons. The average molecular weight is 305 g/mol. The van der Waals surface area contributed by atoms with Gasteiger partial charge in [-0.1, -0.05) is 25.9 Å². The van der Waals surface area contributed by atoms with Crippen molar-refractivity contribution in [2.75, 3.05) is 5.75 Å². The van der Waals surface area contributed by atoms with Gasteiger partial charge in [-0.3, -0.25) is 0 Å². The summed E-state index contributed by atoms with van der Waals surface area (Å²) >= 11 is 0. The molecule has 7 heteroatoms. The van der Waals surface area contributed by atoms with Crippen molar-refractivity contribution in [2.24, 2.45) is 22.7 Å². The van der Waals surface area contributed by atoms with Gasteiger partial charge >= 0.3 is 0 Å². The van der Waals surface area contributed by atoms with Crippen LogP contribution in [0.3, 0.4) is 0 Å². The standard InChI is InChI=1S/C13H27N3O3S/c1-10(2)6-9-20(18,19)16-13(12(14)15-17)7-4-11(3)5-8-13/h10-11,16-17H,4-9H2,1-3H3,(H2,14,15). The van der Waals surface area contributed by atoms with Crippen LogP contribution in [0.4, 0.5) is 0 Å². The highest BCUT2D eigenvalue weighted by Gasteiger charge is 2.41. The molecule has 20 heavy (non-hydrogen) atoms. The third-order valence-corrected chi connectivity index (χ3v) is 5.52. The summed E-state index contributed by atoms with van der Waals surface area (Å²) in [5.74, 6) is 0.894. The smallest absolute Gasteiger partial charge is 0.212 e. The van der Waals surface area contributed by atoms with E-state index in [1.165, 1.54) is 0 Å². The maximum atomic E-state index is 12.2. The maximum Gasteiger partial charge on any atom is 0.212 e. The van der Waals surface area contributed by atoms with Crippen molar-refractivity contribution in [1.29, 1.82) is 0 Å². The van der Waals surface area contributed by atoms with Gasteiger partial charge in [0.05, 0.1) is 11.3 Å². The van der Waals surface area contributed by atoms with E-state index in [0.29, 0.717) is 31.1 Å². The minimum absolute atomic E-state index is 0.0301. The van der Waals surface area contributed by atoms with Gasteiger partial charge in [0.15, 0.2) is 5.84 Å². The van der Waals surface area contributed by atoms with E-state index in [9.17, 15) is 8.42 Å². The molecule has 0 spiro atoms. The summed E-state index contributed by atoms with van der Waals surface area (Å²) in [6.07, 6.45) is 3.47. The van der Waals surface area contributed by atoms with Crippen molar-refractivity contribution in [3.63, 3.8) is 0 Å². The summed E-state index contributed by atoms with van der Waals surface area (Å²) < 4.78 is 27.1. The lowest BCUT2D eigenvalue weighted by Gasteiger charge is -2.38. The number of sulfonamides is 1. The molecule has 1 aliphatic carbocycles. The molecular weight excluding hydrogens is 278 g/mol. The van der Waals surface area contributed by atoms with Gasteiger partial charge in [0.25, 0.3) is 0 Å². The SMILES string of the molecule is CC(C)CCS(=O)(=O)NC1(C(N)=NO)CCC(C)CC1. The van der Waals surface area contributed by atoms with Crippen LogP contribution in [0.1, 0.15) is 52.9 Å². The molecule has 0 aromatic heterocycles. The van der Waals surface area contributed by atoms with Gasteiger partial charge in [-0.25, -0.2) is 13.1 Å². The Kier molecular flexibility index (Phi) is 5.82. The number of amidine groups is 1. The van der Waals surface area contributed by atoms with E-state index in [4.69, 9.17) is 10.9 Å². The Bertz CT molecular complexity index is 438. The fraction of sp³-hybridized carbons (Fsp3) is 0.923. The van der Waals surface area contributed by atoms with E-state index in [-0.39, 0.29) is 11.6 Å². The summed E-state index contributed by atoms with van der Waals surface area (Å²) in [5.41, 5.74) is 4.84. The topological polar surface area (TPSA) is 105 Å². The van der Waals surface area contributed by atoms with E-state index in [0.717, 1.165) is 12.8 Å². The maximum absolute atomic E-state index is 12.2. The molecule has 0 aliphatic heterocycles. The molecule has 1 fully saturated rings. The van der Waals surface area contributed by atoms with Crippen LogP contribution in [0.25, 0.3) is 0 Å². The second kappa shape index (κ2) is 6.76. The predicted octanol–water partition coefficient (Wildman–Crippen LogP) is 1.65. The summed E-state index contributed by atoms with van der Waals surface area (Å²) in [5, 5.41) is 12.0. The number of oxime groups is 1. The van der Waals surface area contributed by atoms with Gasteiger partial charge in [-0.05, 0) is 43.9 Å². The fourth-order valence-corrected chi connectivity index (χ4v) is 4.29. The number of nitrogens with zero attached hydrogens (tertiary/aromatic N) is 1. The van der Waals surface area contributed by atoms with Gasteiger partial charge in [0, 0.05) is 0 Å². The molecule has 0 radical (unpaired) electrons. The van der Waals surface area contributed by atoms with Gasteiger partial charge < -0.3 is 10.9 Å². The Morgan fingerprint density at radius 1 is 1.45 bits per heavy atom. The van der Waals surface area contributed by atoms with Gasteiger partial charge in [0.1, 0.15) is 0 Å². The molecule has 1 rings (SSSR count). The highest BCUT2D eigenvalue weighted by Crippen LogP contribution is 2.32. The van der Waals surface area contributed by atoms with Crippen LogP contribution in [0.5, 0.6) is 0 Å². The van der Waals surface area contributed by atoms with Crippen LogP contribution in [-0.4, -0.2) is 30.8 Å². The molecule has 4 N–H and O–H groups in total. The number of hydrogen-bond donors (Lipinski definition) is 3. The van der Waals surface area contributed by atoms with E-state index < -0.39 is 15.6 Å². The summed E-state index contributed by atoms with van der Waals surface area (Å²) in [6.45, 7) is 6.09. The third-order valence-electron chi connectivity index (χ3n) is 4.04. The van der Waals surface area contributed by atoms with E-state index in [1.807, 2.05) is 13.8 Å². The first kappa shape index (κ1) is 17.2. The van der Waals surface area contributed by atoms with Crippen LogP contribution in [0.15, 0.2) is 5.16 Å². The summed E-state index contributed by atoms with van der Waals surface area (Å²) in [4.78, 5) is 0. The number of rotatable bonds is 6. The van der Waals surface area contributed by atoms with Crippen LogP contribution in [0.2, 0.25) is 0 Å². The van der Waals surface area contributed by atoms with E-state index in [1.54, 1.807) is 0 Å². The zero-order valence-electron chi connectivity index (χ0n) is 12.6. The molecule has 0 aromatic rings. The lowest BCUT2D eigenvalue weighted by Crippen LogP contribution is -2.59. The molecule has 1 aliphatic rings. The molecule has 0 atom stereocenters. The highest BCUT2D eigenvalue weighted by atomic mass is 32.2. The molecule has 0 aromatic carbocycles. The lowest BCUT2D eigenvalue weighted by atomic mass is 9.77. The Hall–Kier alpha value is -0.820. The molecule has 0 unspecified atom stereocenters. The van der Waals surface area contributed by atoms with Gasteiger partial charge in [0.2, 0.25) is 10.0 Å². The second-order valence-corrected chi connectivity index (χ2v) is 8.20. The molecule has 0 amide bonds. The first-order chi connectivity index (χ1) is 9.21. The van der Waals surface area contributed by atoms with Crippen molar-refractivity contribution >= 4 is 15.9 Å². The molecule has 0 bridgehead atoms. The normalized spacial score (nSPS) is 28.8. The van der Waals surface area contributed by atoms with Crippen molar-refractivity contribution < 1.29 is 13.6 Å². The summed E-state index contributed by atoms with van der Waals surface area (Å²) in [7, 11) is -3.43. The Morgan fingerprint density at radius 2 is 2.00 bits per heavy atom. The van der Waals surface area contributed by atoms with Crippen molar-refractivity contribution in [3.05, 3.63) is 0 Å². The molecular formula is C13H27N3O3S. The quantitative estimate of drug-likeness (QED) is 0.300. The minimum Gasteiger partial charge on any atom is -0.409 e. The first-order valence-corrected chi connectivity index (χ1v) is 8.85. The van der Waals surface area contributed by atoms with Crippen LogP contribution in [-0.2, 0) is 10.0 Å². The molecule has 1 saturated carbocycles. The van der Waals surface area contributed by atoms with Crippen molar-refractivity contribution in [1.82, 2.24) is 4.72 Å². The Morgan fingerprint density at radius 3 is 2.45 bits per heavy atom. The monoisotopic (exact) mass is 305 g/mol. The largest absolute Gasteiger partial charge is 0.409 e.